The topological polar surface area (TPSA) is 8.17 Å². The quantitative estimate of drug-likeness (QED) is 0.166. The van der Waals surface area contributed by atoms with Crippen molar-refractivity contribution in [3.8, 4) is 27.9 Å². The minimum absolute atomic E-state index is 1.04. The Kier molecular flexibility index (Phi) is 7.53. The van der Waals surface area contributed by atoms with Gasteiger partial charge in [0.2, 0.25) is 0 Å². The monoisotopic (exact) mass is 720 g/mol. The summed E-state index contributed by atoms with van der Waals surface area (Å²) in [4.78, 5) is 2.32. The lowest BCUT2D eigenvalue weighted by molar-refractivity contribution is 0.998. The van der Waals surface area contributed by atoms with E-state index in [2.05, 4.69) is 204 Å². The normalized spacial score (nSPS) is 12.5. The van der Waals surface area contributed by atoms with Gasteiger partial charge in [-0.3, -0.25) is 0 Å². The van der Waals surface area contributed by atoms with Crippen LogP contribution in [0.4, 0.5) is 17.1 Å². The van der Waals surface area contributed by atoms with Crippen molar-refractivity contribution in [2.45, 2.75) is 12.8 Å². The maximum Gasteiger partial charge on any atom is 0.0630 e. The van der Waals surface area contributed by atoms with Crippen LogP contribution in [0.5, 0.6) is 0 Å². The maximum absolute atomic E-state index is 2.52. The van der Waals surface area contributed by atoms with E-state index in [1.54, 1.807) is 0 Å². The summed E-state index contributed by atoms with van der Waals surface area (Å²) in [6.45, 7) is 0. The van der Waals surface area contributed by atoms with Gasteiger partial charge in [0.1, 0.15) is 0 Å². The number of para-hydroxylation sites is 3. The molecule has 0 radical (unpaired) electrons. The summed E-state index contributed by atoms with van der Waals surface area (Å²) in [7, 11) is 0. The largest absolute Gasteiger partial charge is 0.311 e. The van der Waals surface area contributed by atoms with Gasteiger partial charge >= 0.3 is 0 Å². The van der Waals surface area contributed by atoms with Crippen LogP contribution in [0.1, 0.15) is 17.5 Å². The van der Waals surface area contributed by atoms with Crippen molar-refractivity contribution in [1.29, 1.82) is 0 Å². The third-order valence-electron chi connectivity index (χ3n) is 11.2. The molecule has 2 heterocycles. The molecule has 0 atom stereocenters. The van der Waals surface area contributed by atoms with Crippen LogP contribution < -0.4 is 4.90 Å². The molecule has 0 saturated heterocycles. The van der Waals surface area contributed by atoms with E-state index in [1.165, 1.54) is 81.0 Å². The van der Waals surface area contributed by atoms with Gasteiger partial charge in [-0.25, -0.2) is 0 Å². The van der Waals surface area contributed by atoms with Gasteiger partial charge in [0.05, 0.1) is 11.0 Å². The lowest BCUT2D eigenvalue weighted by Crippen LogP contribution is -2.09. The second kappa shape index (κ2) is 13.0. The molecule has 0 N–H and O–H groups in total. The number of anilines is 3. The van der Waals surface area contributed by atoms with Crippen LogP contribution in [0.15, 0.2) is 188 Å². The highest BCUT2D eigenvalue weighted by atomic mass is 32.1. The number of aryl methyl sites for hydroxylation is 1. The van der Waals surface area contributed by atoms with Crippen LogP contribution in [0.2, 0.25) is 0 Å². The van der Waals surface area contributed by atoms with Gasteiger partial charge < -0.3 is 9.47 Å². The average molecular weight is 721 g/mol. The second-order valence-electron chi connectivity index (χ2n) is 14.4. The fourth-order valence-corrected chi connectivity index (χ4v) is 10.0. The molecule has 0 unspecified atom stereocenters. The molecule has 260 valence electrons. The standard InChI is InChI=1S/C52H36N2S/c1-5-15-35(16-6-1)38-28-32-48-46(34-38)49-43-23-13-14-24-44(43)51-50(52(49)55-48)45-33-37(27-31-47(45)54(51)41-21-11-4-12-22-41)36-25-29-42(30-26-36)53(39-17-7-2-8-18-39)40-19-9-3-10-20-40/h1-12,14-22,24-34H,13,23H2. The fraction of sp³-hybridized carbons (Fsp3) is 0.0385. The van der Waals surface area contributed by atoms with E-state index in [-0.39, 0.29) is 0 Å². The van der Waals surface area contributed by atoms with Crippen molar-refractivity contribution < 1.29 is 0 Å². The van der Waals surface area contributed by atoms with Crippen molar-refractivity contribution in [2.75, 3.05) is 4.90 Å². The minimum Gasteiger partial charge on any atom is -0.311 e. The molecular weight excluding hydrogens is 685 g/mol. The summed E-state index contributed by atoms with van der Waals surface area (Å²) in [5.41, 5.74) is 14.9. The number of nitrogens with zero attached hydrogens (tertiary/aromatic N) is 2. The zero-order valence-corrected chi connectivity index (χ0v) is 31.0. The number of aromatic nitrogens is 1. The molecule has 0 amide bonds. The predicted octanol–water partition coefficient (Wildman–Crippen LogP) is 14.9. The molecule has 0 bridgehead atoms. The van der Waals surface area contributed by atoms with E-state index in [1.807, 2.05) is 11.3 Å². The first-order chi connectivity index (χ1) is 27.3. The molecule has 55 heavy (non-hydrogen) atoms. The number of allylic oxidation sites excluding steroid dienone is 1. The molecule has 0 fully saturated rings. The zero-order chi connectivity index (χ0) is 36.3. The Morgan fingerprint density at radius 3 is 1.75 bits per heavy atom. The van der Waals surface area contributed by atoms with Gasteiger partial charge in [-0.15, -0.1) is 11.3 Å². The molecule has 1 aliphatic carbocycles. The maximum atomic E-state index is 2.52. The van der Waals surface area contributed by atoms with E-state index in [9.17, 15) is 0 Å². The average Bonchev–Trinajstić information content (AvgIpc) is 3.82. The van der Waals surface area contributed by atoms with Gasteiger partial charge in [-0.05, 0) is 113 Å². The van der Waals surface area contributed by atoms with Crippen LogP contribution in [-0.2, 0) is 6.42 Å². The lowest BCUT2D eigenvalue weighted by atomic mass is 9.89. The number of thiophene rings is 1. The Balaban J connectivity index is 1.15. The molecule has 2 nitrogen and oxygen atoms in total. The highest BCUT2D eigenvalue weighted by molar-refractivity contribution is 7.26. The van der Waals surface area contributed by atoms with E-state index in [0.717, 1.165) is 29.9 Å². The summed E-state index contributed by atoms with van der Waals surface area (Å²) < 4.78 is 5.24. The first kappa shape index (κ1) is 31.8. The summed E-state index contributed by atoms with van der Waals surface area (Å²) in [6.07, 6.45) is 6.86. The van der Waals surface area contributed by atoms with Gasteiger partial charge in [-0.2, -0.15) is 0 Å². The minimum atomic E-state index is 1.04. The molecule has 0 saturated carbocycles. The molecule has 3 heteroatoms. The molecule has 11 rings (SSSR count). The SMILES string of the molecule is C1=Cc2c(c3c4cc(-c5ccccc5)ccc4sc3c3c4cc(-c5ccc(N(c6ccccc6)c6ccccc6)cc5)ccc4n(-c4ccccc4)c23)CC1. The Morgan fingerprint density at radius 2 is 1.05 bits per heavy atom. The highest BCUT2D eigenvalue weighted by Crippen LogP contribution is 2.49. The summed E-state index contributed by atoms with van der Waals surface area (Å²) in [5, 5.41) is 5.42. The van der Waals surface area contributed by atoms with Crippen LogP contribution in [0.3, 0.4) is 0 Å². The van der Waals surface area contributed by atoms with E-state index < -0.39 is 0 Å². The zero-order valence-electron chi connectivity index (χ0n) is 30.2. The molecule has 1 aliphatic rings. The molecule has 0 aliphatic heterocycles. The molecule has 2 aromatic heterocycles. The Labute approximate surface area is 324 Å². The van der Waals surface area contributed by atoms with Gasteiger partial charge in [0.25, 0.3) is 0 Å². The number of benzene rings is 8. The van der Waals surface area contributed by atoms with E-state index in [4.69, 9.17) is 0 Å². The first-order valence-electron chi connectivity index (χ1n) is 19.1. The Bertz CT molecular complexity index is 3010. The summed E-state index contributed by atoms with van der Waals surface area (Å²) in [5.74, 6) is 0. The van der Waals surface area contributed by atoms with Crippen LogP contribution in [0.25, 0.3) is 76.0 Å². The van der Waals surface area contributed by atoms with Crippen molar-refractivity contribution in [3.63, 3.8) is 0 Å². The van der Waals surface area contributed by atoms with Crippen LogP contribution in [-0.4, -0.2) is 4.57 Å². The highest BCUT2D eigenvalue weighted by Gasteiger charge is 2.25. The van der Waals surface area contributed by atoms with Gasteiger partial charge in [-0.1, -0.05) is 121 Å². The molecule has 10 aromatic rings. The predicted molar refractivity (Wildman–Crippen MR) is 237 cm³/mol. The molecule has 8 aromatic carbocycles. The van der Waals surface area contributed by atoms with Crippen LogP contribution >= 0.6 is 11.3 Å². The third-order valence-corrected chi connectivity index (χ3v) is 12.4. The van der Waals surface area contributed by atoms with Crippen LogP contribution in [0, 0.1) is 0 Å². The van der Waals surface area contributed by atoms with Gasteiger partial charge in [0.15, 0.2) is 0 Å². The number of fused-ring (bicyclic) bond motifs is 10. The van der Waals surface area contributed by atoms with E-state index >= 15 is 0 Å². The first-order valence-corrected chi connectivity index (χ1v) is 19.9. The molecular formula is C52H36N2S. The Hall–Kier alpha value is -6.68. The van der Waals surface area contributed by atoms with Crippen molar-refractivity contribution in [3.05, 3.63) is 199 Å². The second-order valence-corrected chi connectivity index (χ2v) is 15.4. The summed E-state index contributed by atoms with van der Waals surface area (Å²) >= 11 is 1.95. The number of hydrogen-bond acceptors (Lipinski definition) is 2. The van der Waals surface area contributed by atoms with E-state index in [0.29, 0.717) is 0 Å². The lowest BCUT2D eigenvalue weighted by Gasteiger charge is -2.25. The Morgan fingerprint density at radius 1 is 0.491 bits per heavy atom. The summed E-state index contributed by atoms with van der Waals surface area (Å²) in [6, 6.07) is 66.1. The third kappa shape index (κ3) is 5.23. The van der Waals surface area contributed by atoms with Gasteiger partial charge in [0, 0.05) is 59.3 Å². The number of rotatable bonds is 6. The molecule has 0 spiro atoms. The van der Waals surface area contributed by atoms with Crippen molar-refractivity contribution in [2.24, 2.45) is 0 Å². The fourth-order valence-electron chi connectivity index (χ4n) is 8.73. The smallest absolute Gasteiger partial charge is 0.0630 e. The van der Waals surface area contributed by atoms with Crippen molar-refractivity contribution in [1.82, 2.24) is 4.57 Å². The number of hydrogen-bond donors (Lipinski definition) is 0. The van der Waals surface area contributed by atoms with Crippen molar-refractivity contribution >= 4 is 76.5 Å².